The molecule has 2 rings (SSSR count). The maximum Gasteiger partial charge on any atom is 0.262 e. The Morgan fingerprint density at radius 3 is 2.52 bits per heavy atom. The van der Waals surface area contributed by atoms with Crippen molar-refractivity contribution in [3.63, 3.8) is 0 Å². The van der Waals surface area contributed by atoms with Gasteiger partial charge in [-0.3, -0.25) is 4.79 Å². The lowest BCUT2D eigenvalue weighted by Crippen LogP contribution is -2.41. The minimum atomic E-state index is -0.331. The number of nitrogens with one attached hydrogen (secondary N) is 1. The summed E-state index contributed by atoms with van der Waals surface area (Å²) in [6.07, 6.45) is 5.95. The quantitative estimate of drug-likeness (QED) is 0.590. The fourth-order valence-corrected chi connectivity index (χ4v) is 3.50. The normalized spacial score (nSPS) is 20.5. The molecule has 1 saturated carbocycles. The van der Waals surface area contributed by atoms with Crippen LogP contribution in [-0.4, -0.2) is 26.2 Å². The molecule has 0 aliphatic heterocycles. The van der Waals surface area contributed by atoms with Crippen molar-refractivity contribution in [3.8, 4) is 17.6 Å². The molecule has 6 heteroatoms. The second-order valence-corrected chi connectivity index (χ2v) is 7.09. The third kappa shape index (κ3) is 4.76. The molecule has 0 heterocycles. The Balaban J connectivity index is 2.24. The lowest BCUT2D eigenvalue weighted by molar-refractivity contribution is -0.118. The second kappa shape index (κ2) is 8.91. The number of amides is 1. The van der Waals surface area contributed by atoms with Gasteiger partial charge in [-0.25, -0.2) is 0 Å². The first-order valence-corrected chi connectivity index (χ1v) is 9.13. The van der Waals surface area contributed by atoms with Crippen molar-refractivity contribution in [1.82, 2.24) is 5.32 Å². The topological polar surface area (TPSA) is 71.3 Å². The number of rotatable bonds is 5. The van der Waals surface area contributed by atoms with Crippen molar-refractivity contribution < 1.29 is 14.3 Å². The van der Waals surface area contributed by atoms with Gasteiger partial charge in [-0.1, -0.05) is 35.7 Å². The van der Waals surface area contributed by atoms with Gasteiger partial charge >= 0.3 is 0 Å². The van der Waals surface area contributed by atoms with Crippen LogP contribution in [0.1, 0.15) is 38.2 Å². The first kappa shape index (κ1) is 19.3. The van der Waals surface area contributed by atoms with Gasteiger partial charge in [0.2, 0.25) is 0 Å². The molecule has 1 aliphatic carbocycles. The van der Waals surface area contributed by atoms with Crippen LogP contribution >= 0.6 is 15.9 Å². The first-order chi connectivity index (χ1) is 12.0. The summed E-state index contributed by atoms with van der Waals surface area (Å²) >= 11 is 3.44. The van der Waals surface area contributed by atoms with Crippen LogP contribution in [0.2, 0.25) is 0 Å². The molecule has 25 heavy (non-hydrogen) atoms. The van der Waals surface area contributed by atoms with E-state index in [4.69, 9.17) is 9.47 Å². The van der Waals surface area contributed by atoms with Crippen molar-refractivity contribution in [3.05, 3.63) is 27.7 Å². The SMILES string of the molecule is COc1cc(Br)c(/C=C(\C#N)C(=O)N[C@H]2CCCC[C@@H]2C)cc1OC. The molecule has 0 spiro atoms. The molecule has 5 nitrogen and oxygen atoms in total. The Hall–Kier alpha value is -2.00. The summed E-state index contributed by atoms with van der Waals surface area (Å²) in [5.74, 6) is 1.22. The molecule has 2 atom stereocenters. The monoisotopic (exact) mass is 406 g/mol. The highest BCUT2D eigenvalue weighted by Gasteiger charge is 2.24. The summed E-state index contributed by atoms with van der Waals surface area (Å²) in [5.41, 5.74) is 0.756. The van der Waals surface area contributed by atoms with Crippen LogP contribution in [0.15, 0.2) is 22.2 Å². The second-order valence-electron chi connectivity index (χ2n) is 6.24. The number of ether oxygens (including phenoxy) is 2. The van der Waals surface area contributed by atoms with E-state index >= 15 is 0 Å². The summed E-state index contributed by atoms with van der Waals surface area (Å²) in [5, 5.41) is 12.4. The van der Waals surface area contributed by atoms with Crippen molar-refractivity contribution in [1.29, 1.82) is 5.26 Å². The highest BCUT2D eigenvalue weighted by Crippen LogP contribution is 2.34. The molecule has 0 radical (unpaired) electrons. The van der Waals surface area contributed by atoms with Gasteiger partial charge in [0.05, 0.1) is 14.2 Å². The molecule has 1 N–H and O–H groups in total. The third-order valence-corrected chi connectivity index (χ3v) is 5.28. The summed E-state index contributed by atoms with van der Waals surface area (Å²) in [6, 6.07) is 5.62. The van der Waals surface area contributed by atoms with Gasteiger partial charge < -0.3 is 14.8 Å². The number of nitriles is 1. The molecule has 1 aromatic carbocycles. The standard InChI is InChI=1S/C19H23BrN2O3/c1-12-6-4-5-7-16(12)22-19(23)14(11-21)8-13-9-17(24-2)18(25-3)10-15(13)20/h8-10,12,16H,4-7H2,1-3H3,(H,22,23)/b14-8+/t12-,16-/m0/s1. The fourth-order valence-electron chi connectivity index (χ4n) is 3.06. The Bertz CT molecular complexity index is 709. The number of methoxy groups -OCH3 is 2. The minimum absolute atomic E-state index is 0.0747. The van der Waals surface area contributed by atoms with Gasteiger partial charge in [0.1, 0.15) is 11.6 Å². The lowest BCUT2D eigenvalue weighted by Gasteiger charge is -2.29. The van der Waals surface area contributed by atoms with Crippen LogP contribution < -0.4 is 14.8 Å². The van der Waals surface area contributed by atoms with Crippen molar-refractivity contribution in [2.75, 3.05) is 14.2 Å². The molecule has 1 amide bonds. The maximum atomic E-state index is 12.5. The predicted molar refractivity (Wildman–Crippen MR) is 100 cm³/mol. The number of carbonyl (C=O) groups is 1. The number of halogens is 1. The molecule has 0 unspecified atom stereocenters. The van der Waals surface area contributed by atoms with Crippen LogP contribution in [0.5, 0.6) is 11.5 Å². The summed E-state index contributed by atoms with van der Waals surface area (Å²) < 4.78 is 11.2. The van der Waals surface area contributed by atoms with Gasteiger partial charge in [0, 0.05) is 10.5 Å². The highest BCUT2D eigenvalue weighted by atomic mass is 79.9. The van der Waals surface area contributed by atoms with Gasteiger partial charge in [0.25, 0.3) is 5.91 Å². The predicted octanol–water partition coefficient (Wildman–Crippen LogP) is 4.07. The number of nitrogens with zero attached hydrogens (tertiary/aromatic N) is 1. The van der Waals surface area contributed by atoms with E-state index < -0.39 is 0 Å². The molecule has 134 valence electrons. The Labute approximate surface area is 157 Å². The van der Waals surface area contributed by atoms with Gasteiger partial charge in [-0.15, -0.1) is 0 Å². The third-order valence-electron chi connectivity index (χ3n) is 4.60. The van der Waals surface area contributed by atoms with E-state index in [0.29, 0.717) is 23.0 Å². The smallest absolute Gasteiger partial charge is 0.262 e. The Morgan fingerprint density at radius 1 is 1.28 bits per heavy atom. The van der Waals surface area contributed by atoms with Gasteiger partial charge in [-0.05, 0) is 42.5 Å². The molecule has 0 aromatic heterocycles. The van der Waals surface area contributed by atoms with Crippen molar-refractivity contribution in [2.24, 2.45) is 5.92 Å². The number of benzene rings is 1. The molecule has 1 aromatic rings. The highest BCUT2D eigenvalue weighted by molar-refractivity contribution is 9.10. The van der Waals surface area contributed by atoms with Gasteiger partial charge in [-0.2, -0.15) is 5.26 Å². The molecule has 1 fully saturated rings. The van der Waals surface area contributed by atoms with E-state index in [2.05, 4.69) is 28.2 Å². The number of carbonyl (C=O) groups excluding carboxylic acids is 1. The Kier molecular flexibility index (Phi) is 6.89. The summed E-state index contributed by atoms with van der Waals surface area (Å²) in [7, 11) is 3.10. The van der Waals surface area contributed by atoms with Crippen LogP contribution in [-0.2, 0) is 4.79 Å². The first-order valence-electron chi connectivity index (χ1n) is 8.34. The fraction of sp³-hybridized carbons (Fsp3) is 0.474. The van der Waals surface area contributed by atoms with Crippen molar-refractivity contribution in [2.45, 2.75) is 38.6 Å². The maximum absolute atomic E-state index is 12.5. The average molecular weight is 407 g/mol. The molecule has 1 aliphatic rings. The van der Waals surface area contributed by atoms with E-state index in [1.165, 1.54) is 6.42 Å². The van der Waals surface area contributed by atoms with E-state index in [0.717, 1.165) is 23.7 Å². The van der Waals surface area contributed by atoms with E-state index in [1.54, 1.807) is 32.4 Å². The van der Waals surface area contributed by atoms with E-state index in [9.17, 15) is 10.1 Å². The molecule has 0 saturated heterocycles. The zero-order valence-electron chi connectivity index (χ0n) is 14.8. The molecular formula is C19H23BrN2O3. The van der Waals surface area contributed by atoms with Gasteiger partial charge in [0.15, 0.2) is 11.5 Å². The van der Waals surface area contributed by atoms with Crippen molar-refractivity contribution >= 4 is 27.9 Å². The van der Waals surface area contributed by atoms with E-state index in [-0.39, 0.29) is 17.5 Å². The zero-order chi connectivity index (χ0) is 18.4. The summed E-state index contributed by atoms with van der Waals surface area (Å²) in [6.45, 7) is 2.14. The van der Waals surface area contributed by atoms with Crippen LogP contribution in [0.25, 0.3) is 6.08 Å². The largest absolute Gasteiger partial charge is 0.493 e. The average Bonchev–Trinajstić information content (AvgIpc) is 2.62. The number of hydrogen-bond acceptors (Lipinski definition) is 4. The van der Waals surface area contributed by atoms with Crippen LogP contribution in [0.4, 0.5) is 0 Å². The van der Waals surface area contributed by atoms with Crippen LogP contribution in [0, 0.1) is 17.2 Å². The summed E-state index contributed by atoms with van der Waals surface area (Å²) in [4.78, 5) is 12.5. The number of hydrogen-bond donors (Lipinski definition) is 1. The van der Waals surface area contributed by atoms with E-state index in [1.807, 2.05) is 6.07 Å². The molecule has 0 bridgehead atoms. The molecular weight excluding hydrogens is 384 g/mol. The lowest BCUT2D eigenvalue weighted by atomic mass is 9.86. The van der Waals surface area contributed by atoms with Crippen LogP contribution in [0.3, 0.4) is 0 Å². The zero-order valence-corrected chi connectivity index (χ0v) is 16.4. The Morgan fingerprint density at radius 2 is 1.92 bits per heavy atom. The minimum Gasteiger partial charge on any atom is -0.493 e.